The SMILES string of the molecule is O=C(NC(=S)Nc1ccc(Oc2ncnc3c2ncn3CC2CC2)cc1)c1ccc(Cl)cc1Cl. The number of nitrogens with one attached hydrogen (secondary N) is 2. The van der Waals surface area contributed by atoms with Crippen LogP contribution in [0.4, 0.5) is 5.69 Å². The maximum Gasteiger partial charge on any atom is 0.258 e. The second kappa shape index (κ2) is 9.54. The van der Waals surface area contributed by atoms with E-state index in [0.717, 1.165) is 12.2 Å². The third-order valence-corrected chi connectivity index (χ3v) is 6.00. The van der Waals surface area contributed by atoms with Crippen molar-refractivity contribution in [1.29, 1.82) is 0 Å². The number of amides is 1. The standard InChI is InChI=1S/C23H18Cl2N6O2S/c24-14-3-8-17(18(25)9-14)21(32)30-23(34)29-15-4-6-16(7-5-15)33-22-19-20(26-11-27-22)31(12-28-19)10-13-1-2-13/h3-9,11-13H,1-2,10H2,(H2,29,30,32,34). The van der Waals surface area contributed by atoms with Crippen LogP contribution < -0.4 is 15.4 Å². The van der Waals surface area contributed by atoms with Gasteiger partial charge in [0, 0.05) is 17.3 Å². The minimum absolute atomic E-state index is 0.128. The predicted molar refractivity (Wildman–Crippen MR) is 135 cm³/mol. The maximum absolute atomic E-state index is 12.4. The normalized spacial score (nSPS) is 13.0. The number of benzene rings is 2. The Morgan fingerprint density at radius 3 is 2.65 bits per heavy atom. The molecule has 0 unspecified atom stereocenters. The molecule has 4 aromatic rings. The van der Waals surface area contributed by atoms with Gasteiger partial charge in [-0.25, -0.2) is 9.97 Å². The van der Waals surface area contributed by atoms with Crippen LogP contribution in [0, 0.1) is 5.92 Å². The zero-order valence-electron chi connectivity index (χ0n) is 17.7. The van der Waals surface area contributed by atoms with Crippen molar-refractivity contribution in [2.45, 2.75) is 19.4 Å². The van der Waals surface area contributed by atoms with Crippen LogP contribution in [0.25, 0.3) is 11.2 Å². The molecule has 0 aliphatic heterocycles. The number of fused-ring (bicyclic) bond motifs is 1. The molecule has 2 aromatic carbocycles. The van der Waals surface area contributed by atoms with Crippen LogP contribution in [0.15, 0.2) is 55.1 Å². The van der Waals surface area contributed by atoms with Crippen LogP contribution in [0.3, 0.4) is 0 Å². The molecule has 8 nitrogen and oxygen atoms in total. The first-order chi connectivity index (χ1) is 16.5. The molecule has 172 valence electrons. The van der Waals surface area contributed by atoms with E-state index in [1.54, 1.807) is 36.7 Å². The molecule has 1 aliphatic rings. The first-order valence-corrected chi connectivity index (χ1v) is 11.6. The Hall–Kier alpha value is -3.27. The molecule has 2 heterocycles. The fourth-order valence-corrected chi connectivity index (χ4v) is 4.08. The fourth-order valence-electron chi connectivity index (χ4n) is 3.37. The highest BCUT2D eigenvalue weighted by Gasteiger charge is 2.23. The Labute approximate surface area is 210 Å². The summed E-state index contributed by atoms with van der Waals surface area (Å²) in [6.07, 6.45) is 5.75. The van der Waals surface area contributed by atoms with Gasteiger partial charge in [0.1, 0.15) is 12.1 Å². The van der Waals surface area contributed by atoms with Crippen LogP contribution in [-0.4, -0.2) is 30.5 Å². The monoisotopic (exact) mass is 512 g/mol. The van der Waals surface area contributed by atoms with Crippen LogP contribution >= 0.6 is 35.4 Å². The lowest BCUT2D eigenvalue weighted by Gasteiger charge is -2.11. The third kappa shape index (κ3) is 5.11. The number of rotatable bonds is 6. The number of nitrogens with zero attached hydrogens (tertiary/aromatic N) is 4. The number of aromatic nitrogens is 4. The van der Waals surface area contributed by atoms with E-state index in [9.17, 15) is 4.79 Å². The highest BCUT2D eigenvalue weighted by Crippen LogP contribution is 2.32. The number of imidazole rings is 1. The van der Waals surface area contributed by atoms with Gasteiger partial charge in [0.15, 0.2) is 16.3 Å². The van der Waals surface area contributed by atoms with E-state index in [2.05, 4.69) is 25.6 Å². The van der Waals surface area contributed by atoms with Crippen molar-refractivity contribution in [3.8, 4) is 11.6 Å². The quantitative estimate of drug-likeness (QED) is 0.331. The zero-order valence-corrected chi connectivity index (χ0v) is 20.0. The number of thiocarbonyl (C=S) groups is 1. The van der Waals surface area contributed by atoms with Crippen LogP contribution in [-0.2, 0) is 6.54 Å². The van der Waals surface area contributed by atoms with E-state index in [1.807, 2.05) is 4.57 Å². The molecule has 1 aliphatic carbocycles. The van der Waals surface area contributed by atoms with Crippen molar-refractivity contribution in [1.82, 2.24) is 24.8 Å². The van der Waals surface area contributed by atoms with E-state index in [0.29, 0.717) is 33.8 Å². The summed E-state index contributed by atoms with van der Waals surface area (Å²) in [5.41, 5.74) is 2.32. The van der Waals surface area contributed by atoms with Crippen molar-refractivity contribution in [3.05, 3.63) is 70.7 Å². The summed E-state index contributed by atoms with van der Waals surface area (Å²) in [6, 6.07) is 11.7. The number of anilines is 1. The van der Waals surface area contributed by atoms with E-state index in [4.69, 9.17) is 40.2 Å². The van der Waals surface area contributed by atoms with Crippen molar-refractivity contribution in [3.63, 3.8) is 0 Å². The van der Waals surface area contributed by atoms with Crippen molar-refractivity contribution in [2.24, 2.45) is 5.92 Å². The highest BCUT2D eigenvalue weighted by atomic mass is 35.5. The second-order valence-electron chi connectivity index (χ2n) is 7.85. The van der Waals surface area contributed by atoms with Crippen LogP contribution in [0.2, 0.25) is 10.0 Å². The number of ether oxygens (including phenoxy) is 1. The minimum atomic E-state index is -0.437. The smallest absolute Gasteiger partial charge is 0.258 e. The van der Waals surface area contributed by atoms with E-state index in [1.165, 1.54) is 31.3 Å². The van der Waals surface area contributed by atoms with E-state index in [-0.39, 0.29) is 15.7 Å². The lowest BCUT2D eigenvalue weighted by atomic mass is 10.2. The third-order valence-electron chi connectivity index (χ3n) is 5.25. The van der Waals surface area contributed by atoms with Crippen molar-refractivity contribution in [2.75, 3.05) is 5.32 Å². The number of hydrogen-bond donors (Lipinski definition) is 2. The molecule has 5 rings (SSSR count). The molecule has 0 bridgehead atoms. The Balaban J connectivity index is 1.22. The molecular weight excluding hydrogens is 495 g/mol. The predicted octanol–water partition coefficient (Wildman–Crippen LogP) is 5.46. The number of hydrogen-bond acceptors (Lipinski definition) is 6. The van der Waals surface area contributed by atoms with Gasteiger partial charge in [-0.1, -0.05) is 23.2 Å². The molecule has 0 atom stereocenters. The average Bonchev–Trinajstić information content (AvgIpc) is 3.53. The lowest BCUT2D eigenvalue weighted by molar-refractivity contribution is 0.0978. The van der Waals surface area contributed by atoms with Gasteiger partial charge in [-0.2, -0.15) is 4.98 Å². The summed E-state index contributed by atoms with van der Waals surface area (Å²) in [5, 5.41) is 6.36. The zero-order chi connectivity index (χ0) is 23.7. The largest absolute Gasteiger partial charge is 0.437 e. The Kier molecular flexibility index (Phi) is 6.32. The van der Waals surface area contributed by atoms with Crippen LogP contribution in [0.1, 0.15) is 23.2 Å². The lowest BCUT2D eigenvalue weighted by Crippen LogP contribution is -2.34. The number of halogens is 2. The van der Waals surface area contributed by atoms with Gasteiger partial charge in [-0.05, 0) is 73.4 Å². The summed E-state index contributed by atoms with van der Waals surface area (Å²) in [7, 11) is 0. The van der Waals surface area contributed by atoms with E-state index < -0.39 is 5.91 Å². The van der Waals surface area contributed by atoms with Gasteiger partial charge in [0.05, 0.1) is 16.9 Å². The van der Waals surface area contributed by atoms with Crippen molar-refractivity contribution >= 4 is 63.3 Å². The Morgan fingerprint density at radius 2 is 1.91 bits per heavy atom. The molecular formula is C23H18Cl2N6O2S. The first-order valence-electron chi connectivity index (χ1n) is 10.5. The molecule has 2 N–H and O–H groups in total. The summed E-state index contributed by atoms with van der Waals surface area (Å²) in [6.45, 7) is 0.911. The summed E-state index contributed by atoms with van der Waals surface area (Å²) < 4.78 is 7.99. The number of carbonyl (C=O) groups excluding carboxylic acids is 1. The number of carbonyl (C=O) groups is 1. The molecule has 2 aromatic heterocycles. The molecule has 1 saturated carbocycles. The summed E-state index contributed by atoms with van der Waals surface area (Å²) in [5.74, 6) is 1.23. The van der Waals surface area contributed by atoms with Crippen molar-refractivity contribution < 1.29 is 9.53 Å². The Morgan fingerprint density at radius 1 is 1.12 bits per heavy atom. The molecule has 1 amide bonds. The Bertz CT molecular complexity index is 1390. The first kappa shape index (κ1) is 22.5. The molecule has 0 saturated heterocycles. The maximum atomic E-state index is 12.4. The van der Waals surface area contributed by atoms with Gasteiger partial charge in [0.25, 0.3) is 11.8 Å². The van der Waals surface area contributed by atoms with Gasteiger partial charge in [-0.3, -0.25) is 10.1 Å². The highest BCUT2D eigenvalue weighted by molar-refractivity contribution is 7.80. The van der Waals surface area contributed by atoms with Gasteiger partial charge >= 0.3 is 0 Å². The summed E-state index contributed by atoms with van der Waals surface area (Å²) >= 11 is 17.2. The minimum Gasteiger partial charge on any atom is -0.437 e. The van der Waals surface area contributed by atoms with Gasteiger partial charge in [-0.15, -0.1) is 0 Å². The molecule has 0 spiro atoms. The molecule has 11 heteroatoms. The van der Waals surface area contributed by atoms with E-state index >= 15 is 0 Å². The molecule has 1 fully saturated rings. The summed E-state index contributed by atoms with van der Waals surface area (Å²) in [4.78, 5) is 25.4. The second-order valence-corrected chi connectivity index (χ2v) is 9.10. The molecule has 34 heavy (non-hydrogen) atoms. The van der Waals surface area contributed by atoms with Gasteiger partial charge < -0.3 is 14.6 Å². The fraction of sp³-hybridized carbons (Fsp3) is 0.174. The topological polar surface area (TPSA) is 94.0 Å². The van der Waals surface area contributed by atoms with Gasteiger partial charge in [0.2, 0.25) is 0 Å². The van der Waals surface area contributed by atoms with Crippen LogP contribution in [0.5, 0.6) is 11.6 Å². The average molecular weight is 513 g/mol. The molecule has 0 radical (unpaired) electrons.